The fourth-order valence-corrected chi connectivity index (χ4v) is 3.52. The molecule has 0 bridgehead atoms. The quantitative estimate of drug-likeness (QED) is 0.797. The number of carboxylic acids is 1. The Hall–Kier alpha value is -2.37. The second-order valence-electron chi connectivity index (χ2n) is 6.41. The van der Waals surface area contributed by atoms with Crippen LogP contribution in [-0.4, -0.2) is 33.3 Å². The lowest BCUT2D eigenvalue weighted by atomic mass is 9.79. The third kappa shape index (κ3) is 3.58. The van der Waals surface area contributed by atoms with Crippen LogP contribution in [0, 0.1) is 11.8 Å². The molecule has 2 aromatic rings. The van der Waals surface area contributed by atoms with Crippen LogP contribution in [0.4, 0.5) is 0 Å². The van der Waals surface area contributed by atoms with E-state index in [2.05, 4.69) is 10.4 Å². The number of carboxylic acid groups (broad SMARTS) is 1. The molecule has 1 saturated carbocycles. The van der Waals surface area contributed by atoms with Crippen molar-refractivity contribution in [1.82, 2.24) is 15.1 Å². The third-order valence-corrected chi connectivity index (χ3v) is 4.82. The second kappa shape index (κ2) is 7.47. The Bertz CT molecular complexity index is 725. The predicted octanol–water partition coefficient (Wildman–Crippen LogP) is 2.43. The molecule has 6 nitrogen and oxygen atoms in total. The van der Waals surface area contributed by atoms with E-state index >= 15 is 0 Å². The number of para-hydroxylation sites is 1. The monoisotopic (exact) mass is 329 g/mol. The molecule has 1 aliphatic carbocycles. The van der Waals surface area contributed by atoms with Gasteiger partial charge in [0.05, 0.1) is 23.5 Å². The average molecular weight is 329 g/mol. The molecule has 1 fully saturated rings. The molecule has 0 aliphatic heterocycles. The van der Waals surface area contributed by atoms with Gasteiger partial charge in [0.15, 0.2) is 0 Å². The van der Waals surface area contributed by atoms with Crippen LogP contribution in [0.25, 0.3) is 10.9 Å². The lowest BCUT2D eigenvalue weighted by Crippen LogP contribution is -2.40. The number of hydrogen-bond donors (Lipinski definition) is 2. The van der Waals surface area contributed by atoms with E-state index in [1.54, 1.807) is 0 Å². The number of aliphatic carboxylic acids is 1. The molecule has 0 unspecified atom stereocenters. The first-order valence-electron chi connectivity index (χ1n) is 8.58. The molecule has 1 heterocycles. The van der Waals surface area contributed by atoms with E-state index in [-0.39, 0.29) is 11.8 Å². The molecule has 1 aromatic carbocycles. The number of amides is 1. The van der Waals surface area contributed by atoms with E-state index in [1.165, 1.54) is 0 Å². The van der Waals surface area contributed by atoms with Gasteiger partial charge in [0.1, 0.15) is 0 Å². The summed E-state index contributed by atoms with van der Waals surface area (Å²) in [6, 6.07) is 8.02. The van der Waals surface area contributed by atoms with Gasteiger partial charge in [-0.2, -0.15) is 5.10 Å². The zero-order chi connectivity index (χ0) is 16.9. The minimum Gasteiger partial charge on any atom is -0.481 e. The summed E-state index contributed by atoms with van der Waals surface area (Å²) < 4.78 is 1.93. The van der Waals surface area contributed by atoms with Gasteiger partial charge in [0, 0.05) is 18.5 Å². The van der Waals surface area contributed by atoms with Crippen LogP contribution < -0.4 is 5.32 Å². The highest BCUT2D eigenvalue weighted by molar-refractivity contribution is 5.84. The van der Waals surface area contributed by atoms with Gasteiger partial charge in [-0.1, -0.05) is 31.0 Å². The van der Waals surface area contributed by atoms with Crippen molar-refractivity contribution in [3.8, 4) is 0 Å². The normalized spacial score (nSPS) is 20.8. The summed E-state index contributed by atoms with van der Waals surface area (Å²) in [5.41, 5.74) is 1.09. The topological polar surface area (TPSA) is 84.2 Å². The standard InChI is InChI=1S/C18H23N3O3/c22-17(14-7-2-3-8-15(14)18(23)24)19-10-5-11-21-16-9-4-1-6-13(16)12-20-21/h1,4,6,9,12,14-15H,2-3,5,7-8,10-11H2,(H,19,22)(H,23,24)/t14-,15+/m0/s1. The van der Waals surface area contributed by atoms with Crippen LogP contribution in [0.1, 0.15) is 32.1 Å². The Labute approximate surface area is 140 Å². The number of aryl methyl sites for hydroxylation is 1. The van der Waals surface area contributed by atoms with Gasteiger partial charge in [0.2, 0.25) is 5.91 Å². The largest absolute Gasteiger partial charge is 0.481 e. The number of benzene rings is 1. The van der Waals surface area contributed by atoms with E-state index in [0.717, 1.165) is 36.7 Å². The summed E-state index contributed by atoms with van der Waals surface area (Å²) in [5.74, 6) is -1.89. The molecule has 6 heteroatoms. The number of nitrogens with zero attached hydrogens (tertiary/aromatic N) is 2. The molecule has 0 spiro atoms. The second-order valence-corrected chi connectivity index (χ2v) is 6.41. The summed E-state index contributed by atoms with van der Waals surface area (Å²) in [6.07, 6.45) is 5.71. The van der Waals surface area contributed by atoms with Gasteiger partial charge >= 0.3 is 5.97 Å². The Morgan fingerprint density at radius 1 is 1.21 bits per heavy atom. The van der Waals surface area contributed by atoms with E-state index in [9.17, 15) is 14.7 Å². The van der Waals surface area contributed by atoms with Crippen LogP contribution in [0.5, 0.6) is 0 Å². The Morgan fingerprint density at radius 2 is 1.96 bits per heavy atom. The molecule has 2 N–H and O–H groups in total. The predicted molar refractivity (Wildman–Crippen MR) is 90.4 cm³/mol. The molecule has 3 rings (SSSR count). The summed E-state index contributed by atoms with van der Waals surface area (Å²) in [5, 5.41) is 17.6. The van der Waals surface area contributed by atoms with E-state index in [1.807, 2.05) is 35.1 Å². The van der Waals surface area contributed by atoms with Gasteiger partial charge < -0.3 is 10.4 Å². The lowest BCUT2D eigenvalue weighted by molar-refractivity contribution is -0.148. The first kappa shape index (κ1) is 16.5. The van der Waals surface area contributed by atoms with Crippen molar-refractivity contribution < 1.29 is 14.7 Å². The maximum Gasteiger partial charge on any atom is 0.307 e. The number of aromatic nitrogens is 2. The van der Waals surface area contributed by atoms with Crippen molar-refractivity contribution in [2.45, 2.75) is 38.6 Å². The van der Waals surface area contributed by atoms with Crippen molar-refractivity contribution in [3.05, 3.63) is 30.5 Å². The lowest BCUT2D eigenvalue weighted by Gasteiger charge is -2.27. The number of hydrogen-bond acceptors (Lipinski definition) is 3. The van der Waals surface area contributed by atoms with E-state index in [0.29, 0.717) is 19.4 Å². The van der Waals surface area contributed by atoms with Crippen molar-refractivity contribution >= 4 is 22.8 Å². The van der Waals surface area contributed by atoms with Crippen LogP contribution in [0.2, 0.25) is 0 Å². The van der Waals surface area contributed by atoms with Gasteiger partial charge in [-0.25, -0.2) is 0 Å². The van der Waals surface area contributed by atoms with Gasteiger partial charge in [0.25, 0.3) is 0 Å². The first-order chi connectivity index (χ1) is 11.7. The van der Waals surface area contributed by atoms with Crippen molar-refractivity contribution in [1.29, 1.82) is 0 Å². The number of carbonyl (C=O) groups excluding carboxylic acids is 1. The molecular weight excluding hydrogens is 306 g/mol. The van der Waals surface area contributed by atoms with Crippen LogP contribution in [0.3, 0.4) is 0 Å². The van der Waals surface area contributed by atoms with Gasteiger partial charge in [-0.05, 0) is 25.3 Å². The van der Waals surface area contributed by atoms with E-state index in [4.69, 9.17) is 0 Å². The minimum atomic E-state index is -0.849. The molecule has 0 radical (unpaired) electrons. The summed E-state index contributed by atoms with van der Waals surface area (Å²) in [7, 11) is 0. The summed E-state index contributed by atoms with van der Waals surface area (Å²) in [4.78, 5) is 23.6. The highest BCUT2D eigenvalue weighted by atomic mass is 16.4. The molecule has 0 saturated heterocycles. The highest BCUT2D eigenvalue weighted by Crippen LogP contribution is 2.30. The molecule has 24 heavy (non-hydrogen) atoms. The van der Waals surface area contributed by atoms with Crippen LogP contribution in [-0.2, 0) is 16.1 Å². The molecule has 1 aromatic heterocycles. The van der Waals surface area contributed by atoms with Crippen LogP contribution >= 0.6 is 0 Å². The van der Waals surface area contributed by atoms with Crippen molar-refractivity contribution in [3.63, 3.8) is 0 Å². The Kier molecular flexibility index (Phi) is 5.13. The zero-order valence-electron chi connectivity index (χ0n) is 13.6. The maximum absolute atomic E-state index is 12.3. The van der Waals surface area contributed by atoms with Crippen molar-refractivity contribution in [2.75, 3.05) is 6.54 Å². The molecule has 2 atom stereocenters. The fraction of sp³-hybridized carbons (Fsp3) is 0.500. The highest BCUT2D eigenvalue weighted by Gasteiger charge is 2.35. The number of rotatable bonds is 6. The van der Waals surface area contributed by atoms with Gasteiger partial charge in [-0.15, -0.1) is 0 Å². The Morgan fingerprint density at radius 3 is 2.75 bits per heavy atom. The van der Waals surface area contributed by atoms with Gasteiger partial charge in [-0.3, -0.25) is 14.3 Å². The third-order valence-electron chi connectivity index (χ3n) is 4.82. The zero-order valence-corrected chi connectivity index (χ0v) is 13.6. The molecular formula is C18H23N3O3. The summed E-state index contributed by atoms with van der Waals surface area (Å²) in [6.45, 7) is 1.26. The molecule has 1 amide bonds. The number of nitrogens with one attached hydrogen (secondary N) is 1. The smallest absolute Gasteiger partial charge is 0.307 e. The van der Waals surface area contributed by atoms with E-state index < -0.39 is 11.9 Å². The van der Waals surface area contributed by atoms with Crippen molar-refractivity contribution in [2.24, 2.45) is 11.8 Å². The number of fused-ring (bicyclic) bond motifs is 1. The first-order valence-corrected chi connectivity index (χ1v) is 8.58. The van der Waals surface area contributed by atoms with Crippen LogP contribution in [0.15, 0.2) is 30.5 Å². The summed E-state index contributed by atoms with van der Waals surface area (Å²) >= 11 is 0. The number of carbonyl (C=O) groups is 2. The fourth-order valence-electron chi connectivity index (χ4n) is 3.52. The Balaban J connectivity index is 1.49. The SMILES string of the molecule is O=C(NCCCn1ncc2ccccc21)[C@H]1CCCC[C@H]1C(=O)O. The average Bonchev–Trinajstić information content (AvgIpc) is 3.01. The minimum absolute atomic E-state index is 0.118. The maximum atomic E-state index is 12.3. The molecule has 128 valence electrons. The molecule has 1 aliphatic rings.